The van der Waals surface area contributed by atoms with Gasteiger partial charge in [-0.1, -0.05) is 34.6 Å². The molecule has 3 aromatic rings. The molecule has 1 aliphatic rings. The minimum atomic E-state index is -0.980. The van der Waals surface area contributed by atoms with Gasteiger partial charge in [-0.25, -0.2) is 17.9 Å². The summed E-state index contributed by atoms with van der Waals surface area (Å²) in [5, 5.41) is 22.0. The van der Waals surface area contributed by atoms with E-state index in [2.05, 4.69) is 33.8 Å². The summed E-state index contributed by atoms with van der Waals surface area (Å²) in [5.74, 6) is -0.323. The third-order valence-electron chi connectivity index (χ3n) is 5.78. The number of amides is 1. The number of hydrogen-bond acceptors (Lipinski definition) is 8. The van der Waals surface area contributed by atoms with Gasteiger partial charge in [-0.3, -0.25) is 0 Å². The predicted molar refractivity (Wildman–Crippen MR) is 190 cm³/mol. The van der Waals surface area contributed by atoms with Crippen molar-refractivity contribution in [3.8, 4) is 0 Å². The number of nitrogens with one attached hydrogen (secondary N) is 2. The maximum atomic E-state index is 12.2. The van der Waals surface area contributed by atoms with Crippen molar-refractivity contribution >= 4 is 35.2 Å². The van der Waals surface area contributed by atoms with Crippen LogP contribution in [0.4, 0.5) is 19.6 Å². The topological polar surface area (TPSA) is 120 Å². The Morgan fingerprint density at radius 3 is 2.04 bits per heavy atom. The number of carbonyl (C=O) groups is 1. The molecular formula is C35H58F2N4O5S. The third-order valence-corrected chi connectivity index (χ3v) is 6.80. The van der Waals surface area contributed by atoms with Gasteiger partial charge in [0.05, 0.1) is 0 Å². The summed E-state index contributed by atoms with van der Waals surface area (Å²) in [6.45, 7) is 22.2. The van der Waals surface area contributed by atoms with E-state index in [1.54, 1.807) is 25.8 Å². The van der Waals surface area contributed by atoms with Crippen molar-refractivity contribution in [2.24, 2.45) is 11.8 Å². The normalized spacial score (nSPS) is 12.8. The van der Waals surface area contributed by atoms with Crippen molar-refractivity contribution in [3.05, 3.63) is 53.6 Å². The average Bonchev–Trinajstić information content (AvgIpc) is 3.39. The molecule has 1 atom stereocenters. The lowest BCUT2D eigenvalue weighted by atomic mass is 10.1. The molecule has 1 fully saturated rings. The lowest BCUT2D eigenvalue weighted by molar-refractivity contribution is 0.0968. The molecule has 1 aliphatic heterocycles. The summed E-state index contributed by atoms with van der Waals surface area (Å²) in [7, 11) is 0. The van der Waals surface area contributed by atoms with E-state index in [4.69, 9.17) is 19.4 Å². The van der Waals surface area contributed by atoms with Crippen LogP contribution in [0.3, 0.4) is 0 Å². The zero-order valence-electron chi connectivity index (χ0n) is 29.7. The van der Waals surface area contributed by atoms with Crippen molar-refractivity contribution in [1.82, 2.24) is 14.6 Å². The van der Waals surface area contributed by atoms with Crippen molar-refractivity contribution < 1.29 is 32.9 Å². The van der Waals surface area contributed by atoms with Gasteiger partial charge in [-0.15, -0.1) is 0 Å². The van der Waals surface area contributed by atoms with E-state index in [9.17, 15) is 13.6 Å². The standard InChI is InChI=1S/C19H30N4O3S.C7H6F2.C5H10O.C2H6O.C2H6/c1-12(2)10-23(11-14(5)9-20-19(24)25)27-15-6-7-16-17(8-15)26-18(22-16)21-13(3)4;1-5-2-6(8)4-7(9)3-5;1-2-4-6-5-3-1;1-2-3;1-2/h6-8,12-14,20H,9-11H2,1-5H3,(H,21,22)(H,24,25);2-4H,1H3;1-5H2;3H,2H2,1H3;1-2H3. The first kappa shape index (κ1) is 44.1. The van der Waals surface area contributed by atoms with Crippen LogP contribution in [0.1, 0.15) is 80.2 Å². The SMILES string of the molecule is C1CCOCC1.CC.CC(C)CN(CC(C)CNC(=O)O)Sc1ccc2nc(NC(C)C)oc2c1.CCO.Cc1cc(F)cc(F)c1. The number of aliphatic hydroxyl groups excluding tert-OH is 1. The first-order valence-electron chi connectivity index (χ1n) is 16.5. The molecule has 47 heavy (non-hydrogen) atoms. The molecule has 1 unspecified atom stereocenters. The molecule has 0 aliphatic carbocycles. The van der Waals surface area contributed by atoms with Gasteiger partial charge in [0.15, 0.2) is 5.58 Å². The lowest BCUT2D eigenvalue weighted by Crippen LogP contribution is -2.33. The van der Waals surface area contributed by atoms with E-state index < -0.39 is 17.7 Å². The van der Waals surface area contributed by atoms with E-state index >= 15 is 0 Å². The van der Waals surface area contributed by atoms with Crippen molar-refractivity contribution in [3.63, 3.8) is 0 Å². The predicted octanol–water partition coefficient (Wildman–Crippen LogP) is 9.00. The van der Waals surface area contributed by atoms with Crippen LogP contribution >= 0.6 is 11.9 Å². The smallest absolute Gasteiger partial charge is 0.404 e. The van der Waals surface area contributed by atoms with E-state index in [-0.39, 0.29) is 18.6 Å². The largest absolute Gasteiger partial charge is 0.465 e. The van der Waals surface area contributed by atoms with Crippen LogP contribution in [-0.2, 0) is 4.74 Å². The number of oxazole rings is 1. The summed E-state index contributed by atoms with van der Waals surface area (Å²) in [6, 6.07) is 10.2. The van der Waals surface area contributed by atoms with Crippen molar-refractivity contribution in [2.45, 2.75) is 92.5 Å². The third kappa shape index (κ3) is 22.3. The second-order valence-electron chi connectivity index (χ2n) is 11.5. The number of ether oxygens (including phenoxy) is 1. The Hall–Kier alpha value is -2.93. The fraction of sp³-hybridized carbons (Fsp3) is 0.600. The summed E-state index contributed by atoms with van der Waals surface area (Å²) in [5.41, 5.74) is 2.19. The van der Waals surface area contributed by atoms with Crippen LogP contribution in [0.15, 0.2) is 45.7 Å². The number of aryl methyl sites for hydroxylation is 1. The van der Waals surface area contributed by atoms with E-state index in [0.29, 0.717) is 24.0 Å². The molecule has 2 heterocycles. The Balaban J connectivity index is 0.000000851. The number of nitrogens with zero attached hydrogens (tertiary/aromatic N) is 2. The summed E-state index contributed by atoms with van der Waals surface area (Å²) in [4.78, 5) is 16.2. The molecule has 12 heteroatoms. The van der Waals surface area contributed by atoms with Crippen molar-refractivity contribution in [1.29, 1.82) is 0 Å². The molecule has 1 amide bonds. The minimum absolute atomic E-state index is 0.211. The molecule has 2 aromatic carbocycles. The number of hydrogen-bond donors (Lipinski definition) is 4. The fourth-order valence-electron chi connectivity index (χ4n) is 4.03. The monoisotopic (exact) mass is 684 g/mol. The van der Waals surface area contributed by atoms with Crippen LogP contribution in [0.25, 0.3) is 11.1 Å². The van der Waals surface area contributed by atoms with Gasteiger partial charge in [0.1, 0.15) is 17.2 Å². The highest BCUT2D eigenvalue weighted by atomic mass is 32.2. The average molecular weight is 685 g/mol. The van der Waals surface area contributed by atoms with Gasteiger partial charge < -0.3 is 30.0 Å². The van der Waals surface area contributed by atoms with Crippen LogP contribution in [0.5, 0.6) is 0 Å². The number of rotatable bonds is 10. The van der Waals surface area contributed by atoms with Gasteiger partial charge in [0, 0.05) is 56.5 Å². The first-order valence-corrected chi connectivity index (χ1v) is 17.3. The summed E-state index contributed by atoms with van der Waals surface area (Å²) in [6.07, 6.45) is 2.95. The Morgan fingerprint density at radius 2 is 1.60 bits per heavy atom. The molecule has 1 saturated heterocycles. The highest BCUT2D eigenvalue weighted by Gasteiger charge is 2.16. The molecule has 268 valence electrons. The van der Waals surface area contributed by atoms with Crippen LogP contribution < -0.4 is 10.6 Å². The van der Waals surface area contributed by atoms with Crippen molar-refractivity contribution in [2.75, 3.05) is 44.8 Å². The highest BCUT2D eigenvalue weighted by molar-refractivity contribution is 7.97. The summed E-state index contributed by atoms with van der Waals surface area (Å²) >= 11 is 1.67. The number of aliphatic hydroxyl groups is 1. The lowest BCUT2D eigenvalue weighted by Gasteiger charge is -2.26. The molecule has 4 N–H and O–H groups in total. The molecule has 0 spiro atoms. The Bertz CT molecular complexity index is 1180. The van der Waals surface area contributed by atoms with Gasteiger partial charge in [-0.2, -0.15) is 4.98 Å². The number of carboxylic acid groups (broad SMARTS) is 1. The fourth-order valence-corrected chi connectivity index (χ4v) is 5.32. The maximum Gasteiger partial charge on any atom is 0.404 e. The van der Waals surface area contributed by atoms with E-state index in [1.807, 2.05) is 52.8 Å². The Labute approximate surface area is 285 Å². The number of aromatic nitrogens is 1. The van der Waals surface area contributed by atoms with Gasteiger partial charge in [0.2, 0.25) is 0 Å². The van der Waals surface area contributed by atoms with E-state index in [1.165, 1.54) is 31.4 Å². The highest BCUT2D eigenvalue weighted by Crippen LogP contribution is 2.29. The molecule has 9 nitrogen and oxygen atoms in total. The van der Waals surface area contributed by atoms with Gasteiger partial charge in [-0.05, 0) is 107 Å². The van der Waals surface area contributed by atoms with Gasteiger partial charge in [0.25, 0.3) is 6.01 Å². The number of benzene rings is 2. The number of halogens is 2. The van der Waals surface area contributed by atoms with Gasteiger partial charge >= 0.3 is 6.09 Å². The number of fused-ring (bicyclic) bond motifs is 1. The minimum Gasteiger partial charge on any atom is -0.465 e. The quantitative estimate of drug-likeness (QED) is 0.155. The molecule has 1 aromatic heterocycles. The first-order chi connectivity index (χ1) is 22.3. The molecule has 4 rings (SSSR count). The zero-order valence-corrected chi connectivity index (χ0v) is 30.6. The summed E-state index contributed by atoms with van der Waals surface area (Å²) < 4.78 is 37.5. The van der Waals surface area contributed by atoms with Crippen LogP contribution in [0, 0.1) is 30.4 Å². The molecule has 0 radical (unpaired) electrons. The van der Waals surface area contributed by atoms with Crippen LogP contribution in [-0.4, -0.2) is 71.1 Å². The molecular weight excluding hydrogens is 626 g/mol. The zero-order chi connectivity index (χ0) is 35.8. The maximum absolute atomic E-state index is 12.2. The Morgan fingerprint density at radius 1 is 1.00 bits per heavy atom. The molecule has 0 bridgehead atoms. The molecule has 0 saturated carbocycles. The van der Waals surface area contributed by atoms with E-state index in [0.717, 1.165) is 48.4 Å². The second kappa shape index (κ2) is 26.1. The number of anilines is 1. The Kier molecular flexibility index (Phi) is 24.4. The second-order valence-corrected chi connectivity index (χ2v) is 12.7. The van der Waals surface area contributed by atoms with Crippen LogP contribution in [0.2, 0.25) is 0 Å².